The van der Waals surface area contributed by atoms with Gasteiger partial charge in [0, 0.05) is 6.42 Å². The van der Waals surface area contributed by atoms with Crippen LogP contribution in [0.25, 0.3) is 0 Å². The molecule has 0 fully saturated rings. The Morgan fingerprint density at radius 1 is 1.38 bits per heavy atom. The van der Waals surface area contributed by atoms with Crippen LogP contribution in [0.4, 0.5) is 0 Å². The Morgan fingerprint density at radius 2 is 2.08 bits per heavy atom. The van der Waals surface area contributed by atoms with Crippen molar-refractivity contribution in [3.05, 3.63) is 24.8 Å². The van der Waals surface area contributed by atoms with Gasteiger partial charge in [-0.1, -0.05) is 32.1 Å². The summed E-state index contributed by atoms with van der Waals surface area (Å²) in [5.74, 6) is 0. The number of aldehydes is 1. The lowest BCUT2D eigenvalue weighted by Gasteiger charge is -2.27. The van der Waals surface area contributed by atoms with E-state index in [1.54, 1.807) is 0 Å². The van der Waals surface area contributed by atoms with Gasteiger partial charge in [0.05, 0.1) is 0 Å². The molecule has 0 spiro atoms. The van der Waals surface area contributed by atoms with Gasteiger partial charge in [0.15, 0.2) is 0 Å². The van der Waals surface area contributed by atoms with Crippen molar-refractivity contribution in [3.63, 3.8) is 0 Å². The Hall–Kier alpha value is -0.850. The average Bonchev–Trinajstić information content (AvgIpc) is 2.28. The zero-order chi connectivity index (χ0) is 9.95. The molecule has 0 radical (unpaired) electrons. The summed E-state index contributed by atoms with van der Waals surface area (Å²) in [7, 11) is 0. The monoisotopic (exact) mass is 178 g/mol. The van der Waals surface area contributed by atoms with Gasteiger partial charge in [-0.2, -0.15) is 0 Å². The van der Waals surface area contributed by atoms with Gasteiger partial charge < -0.3 is 4.79 Å². The fourth-order valence-electron chi connectivity index (χ4n) is 2.24. The average molecular weight is 178 g/mol. The lowest BCUT2D eigenvalue weighted by atomic mass is 9.76. The summed E-state index contributed by atoms with van der Waals surface area (Å²) >= 11 is 0. The van der Waals surface area contributed by atoms with Crippen LogP contribution in [-0.2, 0) is 4.79 Å². The molecule has 0 aromatic heterocycles. The third-order valence-electron chi connectivity index (χ3n) is 2.74. The second-order valence-electron chi connectivity index (χ2n) is 4.72. The van der Waals surface area contributed by atoms with Crippen LogP contribution in [0.1, 0.15) is 33.1 Å². The van der Waals surface area contributed by atoms with Crippen molar-refractivity contribution in [2.45, 2.75) is 33.1 Å². The van der Waals surface area contributed by atoms with Crippen molar-refractivity contribution >= 4 is 6.29 Å². The van der Waals surface area contributed by atoms with E-state index in [1.807, 2.05) is 6.08 Å². The van der Waals surface area contributed by atoms with Crippen LogP contribution in [0.2, 0.25) is 0 Å². The predicted molar refractivity (Wildman–Crippen MR) is 55.5 cm³/mol. The predicted octanol–water partition coefficient (Wildman–Crippen LogP) is 3.12. The van der Waals surface area contributed by atoms with Crippen LogP contribution in [0.15, 0.2) is 24.8 Å². The third kappa shape index (κ3) is 2.30. The van der Waals surface area contributed by atoms with Crippen LogP contribution >= 0.6 is 0 Å². The zero-order valence-electron chi connectivity index (χ0n) is 8.55. The molecule has 0 aliphatic heterocycles. The third-order valence-corrected chi connectivity index (χ3v) is 2.74. The molecule has 1 aliphatic rings. The minimum absolute atomic E-state index is 0.0625. The highest BCUT2D eigenvalue weighted by atomic mass is 16.1. The first kappa shape index (κ1) is 10.2. The summed E-state index contributed by atoms with van der Waals surface area (Å²) in [6.45, 7) is 8.16. The summed E-state index contributed by atoms with van der Waals surface area (Å²) in [6.07, 6.45) is 9.95. The molecule has 0 bridgehead atoms. The lowest BCUT2D eigenvalue weighted by Crippen LogP contribution is -2.19. The molecule has 0 N–H and O–H groups in total. The molecule has 13 heavy (non-hydrogen) atoms. The van der Waals surface area contributed by atoms with E-state index in [0.29, 0.717) is 6.42 Å². The van der Waals surface area contributed by atoms with Gasteiger partial charge in [0.1, 0.15) is 6.29 Å². The quantitative estimate of drug-likeness (QED) is 0.477. The Kier molecular flexibility index (Phi) is 2.74. The van der Waals surface area contributed by atoms with E-state index in [2.05, 4.69) is 32.6 Å². The number of rotatable bonds is 4. The summed E-state index contributed by atoms with van der Waals surface area (Å²) in [6, 6.07) is 0. The standard InChI is InChI=1S/C12H18O/c1-4-5-12(8-9-13)7-6-11(2,3)10-12/h4,6-7,9H,1,5,8,10H2,2-3H3. The van der Waals surface area contributed by atoms with Gasteiger partial charge in [-0.25, -0.2) is 0 Å². The maximum atomic E-state index is 10.6. The van der Waals surface area contributed by atoms with Crippen molar-refractivity contribution in [2.75, 3.05) is 0 Å². The Balaban J connectivity index is 2.78. The molecule has 1 rings (SSSR count). The number of carbonyl (C=O) groups is 1. The van der Waals surface area contributed by atoms with Gasteiger partial charge in [-0.3, -0.25) is 0 Å². The highest BCUT2D eigenvalue weighted by Gasteiger charge is 2.36. The van der Waals surface area contributed by atoms with Crippen molar-refractivity contribution in [3.8, 4) is 0 Å². The van der Waals surface area contributed by atoms with Crippen molar-refractivity contribution in [1.82, 2.24) is 0 Å². The van der Waals surface area contributed by atoms with E-state index in [1.165, 1.54) is 0 Å². The van der Waals surface area contributed by atoms with Gasteiger partial charge in [-0.05, 0) is 23.7 Å². The second-order valence-corrected chi connectivity index (χ2v) is 4.72. The smallest absolute Gasteiger partial charge is 0.120 e. The van der Waals surface area contributed by atoms with Crippen LogP contribution in [0.5, 0.6) is 0 Å². The second kappa shape index (κ2) is 3.49. The molecule has 1 atom stereocenters. The molecule has 0 aromatic rings. The maximum absolute atomic E-state index is 10.6. The van der Waals surface area contributed by atoms with E-state index >= 15 is 0 Å². The Bertz CT molecular complexity index is 226. The molecule has 1 unspecified atom stereocenters. The summed E-state index contributed by atoms with van der Waals surface area (Å²) in [5, 5.41) is 0. The molecular formula is C12H18O. The van der Waals surface area contributed by atoms with E-state index in [-0.39, 0.29) is 10.8 Å². The molecular weight excluding hydrogens is 160 g/mol. The largest absolute Gasteiger partial charge is 0.303 e. The molecule has 0 heterocycles. The first-order valence-corrected chi connectivity index (χ1v) is 4.79. The molecule has 0 aromatic carbocycles. The number of carbonyl (C=O) groups excluding carboxylic acids is 1. The van der Waals surface area contributed by atoms with Crippen molar-refractivity contribution in [2.24, 2.45) is 10.8 Å². The molecule has 0 amide bonds. The summed E-state index contributed by atoms with van der Waals surface area (Å²) in [5.41, 5.74) is 0.305. The van der Waals surface area contributed by atoms with E-state index < -0.39 is 0 Å². The fraction of sp³-hybridized carbons (Fsp3) is 0.583. The Morgan fingerprint density at radius 3 is 2.46 bits per heavy atom. The topological polar surface area (TPSA) is 17.1 Å². The molecule has 1 aliphatic carbocycles. The minimum atomic E-state index is 0.0625. The van der Waals surface area contributed by atoms with Crippen molar-refractivity contribution in [1.29, 1.82) is 0 Å². The molecule has 1 nitrogen and oxygen atoms in total. The lowest BCUT2D eigenvalue weighted by molar-refractivity contribution is -0.109. The van der Waals surface area contributed by atoms with Crippen LogP contribution in [-0.4, -0.2) is 6.29 Å². The number of hydrogen-bond acceptors (Lipinski definition) is 1. The first-order valence-electron chi connectivity index (χ1n) is 4.79. The summed E-state index contributed by atoms with van der Waals surface area (Å²) < 4.78 is 0. The van der Waals surface area contributed by atoms with Gasteiger partial charge in [0.25, 0.3) is 0 Å². The Labute approximate surface area is 80.5 Å². The normalized spacial score (nSPS) is 30.3. The molecule has 72 valence electrons. The van der Waals surface area contributed by atoms with E-state index in [4.69, 9.17) is 0 Å². The number of allylic oxidation sites excluding steroid dienone is 3. The highest BCUT2D eigenvalue weighted by Crippen LogP contribution is 2.47. The minimum Gasteiger partial charge on any atom is -0.303 e. The SMILES string of the molecule is C=CCC1(CC=O)C=CC(C)(C)C1. The van der Waals surface area contributed by atoms with Gasteiger partial charge in [-0.15, -0.1) is 6.58 Å². The highest BCUT2D eigenvalue weighted by molar-refractivity contribution is 5.52. The fourth-order valence-corrected chi connectivity index (χ4v) is 2.24. The number of hydrogen-bond donors (Lipinski definition) is 0. The van der Waals surface area contributed by atoms with Gasteiger partial charge in [0.2, 0.25) is 0 Å². The van der Waals surface area contributed by atoms with Gasteiger partial charge >= 0.3 is 0 Å². The molecule has 1 heteroatoms. The van der Waals surface area contributed by atoms with Crippen LogP contribution in [0, 0.1) is 10.8 Å². The van der Waals surface area contributed by atoms with Crippen molar-refractivity contribution < 1.29 is 4.79 Å². The van der Waals surface area contributed by atoms with E-state index in [0.717, 1.165) is 19.1 Å². The maximum Gasteiger partial charge on any atom is 0.120 e. The van der Waals surface area contributed by atoms with Crippen LogP contribution < -0.4 is 0 Å². The first-order chi connectivity index (χ1) is 6.04. The molecule has 0 saturated carbocycles. The zero-order valence-corrected chi connectivity index (χ0v) is 8.55. The van der Waals surface area contributed by atoms with Crippen LogP contribution in [0.3, 0.4) is 0 Å². The summed E-state index contributed by atoms with van der Waals surface area (Å²) in [4.78, 5) is 10.6. The molecule has 0 saturated heterocycles. The van der Waals surface area contributed by atoms with E-state index in [9.17, 15) is 4.79 Å².